The molecule has 0 saturated heterocycles. The molecule has 0 bridgehead atoms. The summed E-state index contributed by atoms with van der Waals surface area (Å²) in [4.78, 5) is 38.9. The molecule has 4 aromatic rings. The number of phenolic OH excluding ortho intramolecular Hbond substituents is 1. The maximum atomic E-state index is 12.9. The molecule has 11 nitrogen and oxygen atoms in total. The van der Waals surface area contributed by atoms with Crippen LogP contribution in [0.25, 0.3) is 16.7 Å². The molecular formula is C24H23BrClN7O4. The number of phenols is 1. The monoisotopic (exact) mass is 587 g/mol. The van der Waals surface area contributed by atoms with Crippen LogP contribution in [-0.4, -0.2) is 47.9 Å². The van der Waals surface area contributed by atoms with Gasteiger partial charge in [-0.05, 0) is 72.7 Å². The number of benzene rings is 1. The number of nitrogens with one attached hydrogen (secondary N) is 4. The van der Waals surface area contributed by atoms with E-state index in [9.17, 15) is 19.5 Å². The minimum absolute atomic E-state index is 0.0206. The van der Waals surface area contributed by atoms with E-state index in [1.54, 1.807) is 19.1 Å². The van der Waals surface area contributed by atoms with Crippen molar-refractivity contribution in [3.8, 4) is 11.6 Å². The van der Waals surface area contributed by atoms with Crippen molar-refractivity contribution in [3.63, 3.8) is 0 Å². The van der Waals surface area contributed by atoms with E-state index < -0.39 is 11.5 Å². The summed E-state index contributed by atoms with van der Waals surface area (Å²) in [5.41, 5.74) is 1.10. The number of aromatic amines is 2. The molecule has 2 fully saturated rings. The van der Waals surface area contributed by atoms with Gasteiger partial charge in [0.1, 0.15) is 16.0 Å². The Balaban J connectivity index is 0.000000260. The Labute approximate surface area is 223 Å². The van der Waals surface area contributed by atoms with Crippen molar-refractivity contribution >= 4 is 56.4 Å². The zero-order valence-electron chi connectivity index (χ0n) is 19.6. The Kier molecular flexibility index (Phi) is 6.54. The first-order valence-corrected chi connectivity index (χ1v) is 12.7. The molecule has 2 aliphatic rings. The minimum Gasteiger partial charge on any atom is -0.506 e. The van der Waals surface area contributed by atoms with Crippen LogP contribution in [0.3, 0.4) is 0 Å². The predicted octanol–water partition coefficient (Wildman–Crippen LogP) is 3.79. The Morgan fingerprint density at radius 3 is 2.76 bits per heavy atom. The van der Waals surface area contributed by atoms with E-state index in [4.69, 9.17) is 11.6 Å². The normalized spacial score (nSPS) is 15.5. The number of amides is 2. The lowest BCUT2D eigenvalue weighted by Gasteiger charge is -2.12. The van der Waals surface area contributed by atoms with Crippen LogP contribution in [-0.2, 0) is 4.79 Å². The average molecular weight is 589 g/mol. The van der Waals surface area contributed by atoms with E-state index in [-0.39, 0.29) is 28.0 Å². The van der Waals surface area contributed by atoms with Crippen LogP contribution in [0, 0.1) is 12.8 Å². The second-order valence-corrected chi connectivity index (χ2v) is 10.3. The topological polar surface area (TPSA) is 158 Å². The molecule has 0 aliphatic heterocycles. The van der Waals surface area contributed by atoms with Gasteiger partial charge in [-0.2, -0.15) is 5.10 Å². The lowest BCUT2D eigenvalue weighted by Crippen LogP contribution is -2.31. The smallest absolute Gasteiger partial charge is 0.274 e. The number of hydrogen-bond donors (Lipinski definition) is 5. The summed E-state index contributed by atoms with van der Waals surface area (Å²) in [7, 11) is 0. The molecule has 0 spiro atoms. The first kappa shape index (κ1) is 25.0. The van der Waals surface area contributed by atoms with Gasteiger partial charge in [-0.3, -0.25) is 24.6 Å². The van der Waals surface area contributed by atoms with Gasteiger partial charge in [0.2, 0.25) is 6.41 Å². The van der Waals surface area contributed by atoms with Crippen LogP contribution >= 0.6 is 27.5 Å². The largest absolute Gasteiger partial charge is 0.506 e. The maximum absolute atomic E-state index is 12.9. The molecule has 37 heavy (non-hydrogen) atoms. The number of aromatic nitrogens is 5. The molecule has 5 N–H and O–H groups in total. The molecule has 3 aromatic heterocycles. The number of carbonyl (C=O) groups excluding carboxylic acids is 2. The van der Waals surface area contributed by atoms with E-state index in [0.29, 0.717) is 26.6 Å². The summed E-state index contributed by atoms with van der Waals surface area (Å²) in [6, 6.07) is 5.82. The Hall–Kier alpha value is -3.64. The molecule has 13 heteroatoms. The molecule has 1 aromatic carbocycles. The number of halogens is 2. The third kappa shape index (κ3) is 4.86. The Bertz CT molecular complexity index is 1570. The van der Waals surface area contributed by atoms with Crippen LogP contribution in [0.15, 0.2) is 39.9 Å². The zero-order valence-corrected chi connectivity index (χ0v) is 22.0. The van der Waals surface area contributed by atoms with Gasteiger partial charge in [0, 0.05) is 28.8 Å². The standard InChI is InChI=1S/C17H12BrClN6O3.C7H11NO/c1-7-13-8(15(18)23-22-13)5-11(26)14(7)21-17(28)10-6-12(27)24-25(10)16-9(19)3-2-4-20-16;9-5-8-7(3-4-7)6-1-2-6/h2-6,26H,1H3,(H,21,28)(H,22,23)(H,24,27);5-6H,1-4H2,(H,8,9). The molecular weight excluding hydrogens is 566 g/mol. The number of aryl methyl sites for hydroxylation is 1. The van der Waals surface area contributed by atoms with E-state index in [0.717, 1.165) is 18.4 Å². The SMILES string of the molecule is Cc1c(NC(=O)c2cc(=O)[nH]n2-c2ncccc2Cl)c(O)cc2c(Br)[nH]nc12.O=CNC1(C2CC2)CC1. The lowest BCUT2D eigenvalue weighted by atomic mass is 10.1. The highest BCUT2D eigenvalue weighted by atomic mass is 79.9. The number of aromatic hydroxyl groups is 1. The van der Waals surface area contributed by atoms with Crippen LogP contribution in [0.2, 0.25) is 5.02 Å². The summed E-state index contributed by atoms with van der Waals surface area (Å²) >= 11 is 9.44. The number of pyridine rings is 1. The molecule has 2 amide bonds. The number of hydrogen-bond acceptors (Lipinski definition) is 6. The van der Waals surface area contributed by atoms with Gasteiger partial charge < -0.3 is 15.7 Å². The molecule has 0 unspecified atom stereocenters. The van der Waals surface area contributed by atoms with Crippen LogP contribution in [0.4, 0.5) is 5.69 Å². The van der Waals surface area contributed by atoms with Crippen LogP contribution in [0.5, 0.6) is 5.75 Å². The number of anilines is 1. The fourth-order valence-corrected chi connectivity index (χ4v) is 5.02. The summed E-state index contributed by atoms with van der Waals surface area (Å²) in [5.74, 6) is 0.264. The van der Waals surface area contributed by atoms with Crippen LogP contribution < -0.4 is 16.2 Å². The second-order valence-electron chi connectivity index (χ2n) is 9.13. The quantitative estimate of drug-likeness (QED) is 0.170. The number of rotatable bonds is 6. The number of nitrogens with zero attached hydrogens (tertiary/aromatic N) is 3. The number of carbonyl (C=O) groups is 2. The van der Waals surface area contributed by atoms with Gasteiger partial charge in [0.25, 0.3) is 11.5 Å². The van der Waals surface area contributed by atoms with Crippen LogP contribution in [0.1, 0.15) is 41.7 Å². The highest BCUT2D eigenvalue weighted by Crippen LogP contribution is 2.53. The molecule has 6 rings (SSSR count). The Morgan fingerprint density at radius 2 is 2.11 bits per heavy atom. The fraction of sp³-hybridized carbons (Fsp3) is 0.292. The van der Waals surface area contributed by atoms with Gasteiger partial charge in [-0.1, -0.05) is 11.6 Å². The Morgan fingerprint density at radius 1 is 1.35 bits per heavy atom. The van der Waals surface area contributed by atoms with Crippen molar-refractivity contribution in [2.24, 2.45) is 5.92 Å². The molecule has 3 heterocycles. The molecule has 0 atom stereocenters. The first-order chi connectivity index (χ1) is 17.7. The van der Waals surface area contributed by atoms with Gasteiger partial charge in [-0.15, -0.1) is 0 Å². The van der Waals surface area contributed by atoms with Crippen molar-refractivity contribution in [1.82, 2.24) is 30.3 Å². The van der Waals surface area contributed by atoms with Crippen molar-refractivity contribution in [2.75, 3.05) is 5.32 Å². The van der Waals surface area contributed by atoms with E-state index >= 15 is 0 Å². The first-order valence-electron chi connectivity index (χ1n) is 11.6. The van der Waals surface area contributed by atoms with Gasteiger partial charge in [-0.25, -0.2) is 9.67 Å². The van der Waals surface area contributed by atoms with Crippen molar-refractivity contribution in [1.29, 1.82) is 0 Å². The van der Waals surface area contributed by atoms with E-state index in [2.05, 4.69) is 46.8 Å². The fourth-order valence-electron chi connectivity index (χ4n) is 4.43. The summed E-state index contributed by atoms with van der Waals surface area (Å²) < 4.78 is 1.80. The van der Waals surface area contributed by atoms with Gasteiger partial charge >= 0.3 is 0 Å². The van der Waals surface area contributed by atoms with E-state index in [1.807, 2.05) is 0 Å². The number of fused-ring (bicyclic) bond motifs is 1. The molecule has 2 aliphatic carbocycles. The number of H-pyrrole nitrogens is 2. The molecule has 2 saturated carbocycles. The van der Waals surface area contributed by atoms with Crippen molar-refractivity contribution in [3.05, 3.63) is 61.7 Å². The van der Waals surface area contributed by atoms with Crippen molar-refractivity contribution in [2.45, 2.75) is 38.1 Å². The molecule has 192 valence electrons. The zero-order chi connectivity index (χ0) is 26.3. The second kappa shape index (κ2) is 9.67. The van der Waals surface area contributed by atoms with Crippen molar-refractivity contribution < 1.29 is 14.7 Å². The maximum Gasteiger partial charge on any atom is 0.274 e. The summed E-state index contributed by atoms with van der Waals surface area (Å²) in [6.45, 7) is 1.71. The van der Waals surface area contributed by atoms with Gasteiger partial charge in [0.05, 0.1) is 16.2 Å². The van der Waals surface area contributed by atoms with E-state index in [1.165, 1.54) is 42.6 Å². The summed E-state index contributed by atoms with van der Waals surface area (Å²) in [5, 5.41) is 26.3. The third-order valence-corrected chi connectivity index (χ3v) is 7.57. The third-order valence-electron chi connectivity index (χ3n) is 6.67. The lowest BCUT2D eigenvalue weighted by molar-refractivity contribution is -0.110. The highest BCUT2D eigenvalue weighted by Gasteiger charge is 2.53. The minimum atomic E-state index is -0.632. The van der Waals surface area contributed by atoms with Gasteiger partial charge in [0.15, 0.2) is 5.82 Å². The highest BCUT2D eigenvalue weighted by molar-refractivity contribution is 9.10. The predicted molar refractivity (Wildman–Crippen MR) is 141 cm³/mol. The summed E-state index contributed by atoms with van der Waals surface area (Å²) in [6.07, 6.45) is 7.44. The molecule has 0 radical (unpaired) electrons. The average Bonchev–Trinajstić information content (AvgIpc) is 3.79.